The van der Waals surface area contributed by atoms with Gasteiger partial charge < -0.3 is 14.9 Å². The van der Waals surface area contributed by atoms with E-state index in [1.807, 2.05) is 0 Å². The number of nitrogens with zero attached hydrogens (tertiary/aromatic N) is 4. The number of nitrogens with one attached hydrogen (secondary N) is 2. The van der Waals surface area contributed by atoms with E-state index in [-0.39, 0.29) is 17.7 Å². The van der Waals surface area contributed by atoms with Gasteiger partial charge in [-0.05, 0) is 0 Å². The molecule has 1 saturated heterocycles. The third-order valence-corrected chi connectivity index (χ3v) is 4.41. The molecule has 1 aromatic carbocycles. The van der Waals surface area contributed by atoms with Crippen LogP contribution in [0.4, 0.5) is 17.1 Å². The maximum absolute atomic E-state index is 12.1. The molecule has 4 N–H and O–H groups in total. The molecule has 164 valence electrons. The second kappa shape index (κ2) is 8.82. The predicted octanol–water partition coefficient (Wildman–Crippen LogP) is -0.560. The Bertz CT molecular complexity index is 1120. The Morgan fingerprint density at radius 2 is 1.90 bits per heavy atom. The Hall–Kier alpha value is -3.95. The second-order valence-corrected chi connectivity index (χ2v) is 6.49. The smallest absolute Gasteiger partial charge is 0.330 e. The fourth-order valence-corrected chi connectivity index (χ4v) is 2.90. The van der Waals surface area contributed by atoms with Gasteiger partial charge in [-0.2, -0.15) is 5.10 Å². The Labute approximate surface area is 171 Å². The van der Waals surface area contributed by atoms with Crippen LogP contribution in [0.5, 0.6) is 0 Å². The molecule has 1 aromatic heterocycles. The fourth-order valence-electron chi connectivity index (χ4n) is 2.90. The summed E-state index contributed by atoms with van der Waals surface area (Å²) < 4.78 is 6.40. The van der Waals surface area contributed by atoms with Crippen molar-refractivity contribution < 1.29 is 24.8 Å². The molecule has 3 rings (SSSR count). The first-order chi connectivity index (χ1) is 14.7. The lowest BCUT2D eigenvalue weighted by atomic mass is 10.2. The largest absolute Gasteiger partial charge is 0.394 e. The van der Waals surface area contributed by atoms with Gasteiger partial charge in [0.15, 0.2) is 0 Å². The van der Waals surface area contributed by atoms with E-state index in [9.17, 15) is 34.9 Å². The van der Waals surface area contributed by atoms with Gasteiger partial charge in [0, 0.05) is 24.8 Å². The molecular weight excluding hydrogens is 420 g/mol. The summed E-state index contributed by atoms with van der Waals surface area (Å²) in [5, 5.41) is 44.6. The van der Waals surface area contributed by atoms with Crippen molar-refractivity contribution in [2.24, 2.45) is 5.10 Å². The molecule has 0 radical (unpaired) electrons. The highest BCUT2D eigenvalue weighted by molar-refractivity contribution is 5.79. The van der Waals surface area contributed by atoms with Crippen LogP contribution in [-0.4, -0.2) is 54.6 Å². The Kier molecular flexibility index (Phi) is 6.19. The maximum atomic E-state index is 12.1. The summed E-state index contributed by atoms with van der Waals surface area (Å²) in [4.78, 5) is 46.4. The number of aliphatic hydroxyl groups is 2. The van der Waals surface area contributed by atoms with Gasteiger partial charge in [-0.3, -0.25) is 40.0 Å². The second-order valence-electron chi connectivity index (χ2n) is 6.49. The molecule has 1 aliphatic rings. The van der Waals surface area contributed by atoms with E-state index in [2.05, 4.69) is 15.5 Å². The Balaban J connectivity index is 1.85. The van der Waals surface area contributed by atoms with Crippen LogP contribution in [0.3, 0.4) is 0 Å². The van der Waals surface area contributed by atoms with Crippen LogP contribution in [-0.2, 0) is 4.74 Å². The molecule has 2 heterocycles. The van der Waals surface area contributed by atoms with Crippen LogP contribution < -0.4 is 16.7 Å². The van der Waals surface area contributed by atoms with E-state index in [4.69, 9.17) is 9.84 Å². The number of H-pyrrole nitrogens is 1. The van der Waals surface area contributed by atoms with Crippen molar-refractivity contribution in [1.29, 1.82) is 0 Å². The van der Waals surface area contributed by atoms with E-state index in [1.165, 1.54) is 0 Å². The van der Waals surface area contributed by atoms with Crippen molar-refractivity contribution in [3.05, 3.63) is 71.0 Å². The van der Waals surface area contributed by atoms with Crippen molar-refractivity contribution in [2.45, 2.75) is 24.9 Å². The quantitative estimate of drug-likeness (QED) is 0.246. The number of hydrazone groups is 1. The number of anilines is 1. The molecule has 2 aromatic rings. The van der Waals surface area contributed by atoms with Crippen molar-refractivity contribution in [1.82, 2.24) is 9.55 Å². The van der Waals surface area contributed by atoms with Crippen molar-refractivity contribution in [3.8, 4) is 0 Å². The topological polar surface area (TPSA) is 215 Å². The number of benzene rings is 1. The van der Waals surface area contributed by atoms with Crippen LogP contribution >= 0.6 is 0 Å². The standard InChI is InChI=1S/C16H16N6O9/c23-7-13-12(24)4-14(31-13)20-6-8(15(25)18-16(20)26)5-17-19-9-1-10(21(27)28)3-11(2-9)22(29)30/h1-3,5-6,12-14,19,23-24H,4,7H2,(H,18,25,26)/b17-5+. The number of ether oxygens (including phenoxy) is 1. The van der Waals surface area contributed by atoms with Gasteiger partial charge in [-0.25, -0.2) is 4.79 Å². The fraction of sp³-hybridized carbons (Fsp3) is 0.312. The SMILES string of the molecule is O=c1[nH]c(=O)n(C2CC(O)C(CO)O2)cc1/C=N/Nc1cc([N+](=O)[O-])cc([N+](=O)[O-])c1. The van der Waals surface area contributed by atoms with Crippen molar-refractivity contribution in [3.63, 3.8) is 0 Å². The number of nitro groups is 2. The molecule has 0 saturated carbocycles. The number of hydrogen-bond acceptors (Lipinski definition) is 11. The van der Waals surface area contributed by atoms with E-state index in [0.29, 0.717) is 0 Å². The van der Waals surface area contributed by atoms with Gasteiger partial charge in [-0.1, -0.05) is 0 Å². The number of aliphatic hydroxyl groups excluding tert-OH is 2. The monoisotopic (exact) mass is 436 g/mol. The Morgan fingerprint density at radius 3 is 2.45 bits per heavy atom. The summed E-state index contributed by atoms with van der Waals surface area (Å²) >= 11 is 0. The average molecular weight is 436 g/mol. The third-order valence-electron chi connectivity index (χ3n) is 4.41. The first kappa shape index (κ1) is 21.8. The molecule has 1 aliphatic heterocycles. The van der Waals surface area contributed by atoms with Gasteiger partial charge in [0.2, 0.25) is 0 Å². The Morgan fingerprint density at radius 1 is 1.26 bits per heavy atom. The van der Waals surface area contributed by atoms with Gasteiger partial charge in [-0.15, -0.1) is 0 Å². The van der Waals surface area contributed by atoms with Crippen LogP contribution in [0, 0.1) is 20.2 Å². The summed E-state index contributed by atoms with van der Waals surface area (Å²) in [6.45, 7) is -0.455. The van der Waals surface area contributed by atoms with E-state index in [1.54, 1.807) is 0 Å². The number of aromatic amines is 1. The zero-order valence-corrected chi connectivity index (χ0v) is 15.6. The molecule has 15 nitrogen and oxygen atoms in total. The minimum atomic E-state index is -1.00. The summed E-state index contributed by atoms with van der Waals surface area (Å²) in [5.41, 5.74) is -0.503. The van der Waals surface area contributed by atoms with E-state index >= 15 is 0 Å². The molecule has 0 bridgehead atoms. The average Bonchev–Trinajstić information content (AvgIpc) is 3.09. The first-order valence-electron chi connectivity index (χ1n) is 8.72. The molecule has 3 atom stereocenters. The lowest BCUT2D eigenvalue weighted by Crippen LogP contribution is -2.34. The van der Waals surface area contributed by atoms with Crippen LogP contribution in [0.2, 0.25) is 0 Å². The zero-order chi connectivity index (χ0) is 22.7. The minimum absolute atomic E-state index is 0.00333. The summed E-state index contributed by atoms with van der Waals surface area (Å²) in [6, 6.07) is 2.81. The van der Waals surface area contributed by atoms with Crippen LogP contribution in [0.15, 0.2) is 39.1 Å². The van der Waals surface area contributed by atoms with Crippen LogP contribution in [0.1, 0.15) is 18.2 Å². The summed E-state index contributed by atoms with van der Waals surface area (Å²) in [6.07, 6.45) is -0.697. The first-order valence-corrected chi connectivity index (χ1v) is 8.72. The highest BCUT2D eigenvalue weighted by Crippen LogP contribution is 2.27. The van der Waals surface area contributed by atoms with E-state index in [0.717, 1.165) is 35.2 Å². The highest BCUT2D eigenvalue weighted by Gasteiger charge is 2.35. The molecule has 0 amide bonds. The predicted molar refractivity (Wildman–Crippen MR) is 104 cm³/mol. The number of non-ortho nitro benzene ring substituents is 2. The lowest BCUT2D eigenvalue weighted by Gasteiger charge is -2.14. The van der Waals surface area contributed by atoms with Gasteiger partial charge in [0.25, 0.3) is 16.9 Å². The minimum Gasteiger partial charge on any atom is -0.394 e. The zero-order valence-electron chi connectivity index (χ0n) is 15.6. The third kappa shape index (κ3) is 4.80. The number of aromatic nitrogens is 2. The molecule has 1 fully saturated rings. The normalized spacial score (nSPS) is 20.8. The molecule has 15 heteroatoms. The van der Waals surface area contributed by atoms with Crippen molar-refractivity contribution in [2.75, 3.05) is 12.0 Å². The van der Waals surface area contributed by atoms with Gasteiger partial charge in [0.1, 0.15) is 12.3 Å². The maximum Gasteiger partial charge on any atom is 0.330 e. The van der Waals surface area contributed by atoms with E-state index < -0.39 is 57.5 Å². The molecule has 3 unspecified atom stereocenters. The number of nitro benzene ring substituents is 2. The number of hydrogen-bond donors (Lipinski definition) is 4. The van der Waals surface area contributed by atoms with Crippen LogP contribution in [0.25, 0.3) is 0 Å². The molecule has 31 heavy (non-hydrogen) atoms. The molecular formula is C16H16N6O9. The lowest BCUT2D eigenvalue weighted by molar-refractivity contribution is -0.394. The van der Waals surface area contributed by atoms with Crippen molar-refractivity contribution >= 4 is 23.3 Å². The van der Waals surface area contributed by atoms with Gasteiger partial charge in [0.05, 0.1) is 46.1 Å². The summed E-state index contributed by atoms with van der Waals surface area (Å²) in [5.74, 6) is 0. The highest BCUT2D eigenvalue weighted by atomic mass is 16.6. The molecule has 0 aliphatic carbocycles. The number of rotatable bonds is 7. The van der Waals surface area contributed by atoms with Gasteiger partial charge >= 0.3 is 5.69 Å². The molecule has 0 spiro atoms. The summed E-state index contributed by atoms with van der Waals surface area (Å²) in [7, 11) is 0.